The zero-order chi connectivity index (χ0) is 11.8. The van der Waals surface area contributed by atoms with Crippen LogP contribution in [0.15, 0.2) is 36.4 Å². The first-order valence-electron chi connectivity index (χ1n) is 6.42. The summed E-state index contributed by atoms with van der Waals surface area (Å²) < 4.78 is 13.1. The van der Waals surface area contributed by atoms with Gasteiger partial charge < -0.3 is 5.32 Å². The number of fused-ring (bicyclic) bond motifs is 1. The molecule has 0 amide bonds. The van der Waals surface area contributed by atoms with Crippen LogP contribution in [-0.2, 0) is 0 Å². The summed E-state index contributed by atoms with van der Waals surface area (Å²) in [5, 5.41) is 3.61. The summed E-state index contributed by atoms with van der Waals surface area (Å²) in [6.45, 7) is 2.11. The maximum Gasteiger partial charge on any atom is 0.123 e. The number of hydrogen-bond acceptors (Lipinski definition) is 1. The van der Waals surface area contributed by atoms with Gasteiger partial charge in [0.05, 0.1) is 0 Å². The summed E-state index contributed by atoms with van der Waals surface area (Å²) in [6, 6.07) is 7.69. The van der Waals surface area contributed by atoms with E-state index in [-0.39, 0.29) is 11.9 Å². The van der Waals surface area contributed by atoms with Crippen molar-refractivity contribution in [3.63, 3.8) is 0 Å². The van der Waals surface area contributed by atoms with E-state index in [0.29, 0.717) is 12.0 Å². The van der Waals surface area contributed by atoms with Crippen molar-refractivity contribution in [3.05, 3.63) is 47.8 Å². The second-order valence-electron chi connectivity index (χ2n) is 5.29. The smallest absolute Gasteiger partial charge is 0.123 e. The summed E-state index contributed by atoms with van der Waals surface area (Å²) in [5.41, 5.74) is 1.04. The van der Waals surface area contributed by atoms with E-state index in [4.69, 9.17) is 0 Å². The lowest BCUT2D eigenvalue weighted by Crippen LogP contribution is -2.48. The highest BCUT2D eigenvalue weighted by atomic mass is 19.1. The first-order chi connectivity index (χ1) is 8.24. The molecule has 1 aromatic rings. The SMILES string of the molecule is C[C@@H](NC1CC2CC=CC21)c1cccc(F)c1. The fraction of sp³-hybridized carbons (Fsp3) is 0.467. The molecule has 17 heavy (non-hydrogen) atoms. The number of benzene rings is 1. The van der Waals surface area contributed by atoms with Crippen molar-refractivity contribution < 1.29 is 4.39 Å². The van der Waals surface area contributed by atoms with Gasteiger partial charge in [-0.2, -0.15) is 0 Å². The van der Waals surface area contributed by atoms with Crippen LogP contribution in [0.1, 0.15) is 31.4 Å². The summed E-state index contributed by atoms with van der Waals surface area (Å²) in [6.07, 6.45) is 7.14. The molecule has 1 N–H and O–H groups in total. The molecule has 0 spiro atoms. The standard InChI is InChI=1S/C15H18FN/c1-10(11-4-2-6-13(16)8-11)17-15-9-12-5-3-7-14(12)15/h2-4,6-8,10,12,14-15,17H,5,9H2,1H3/t10-,12?,14?,15?/m1/s1. The largest absolute Gasteiger partial charge is 0.307 e. The number of rotatable bonds is 3. The van der Waals surface area contributed by atoms with Gasteiger partial charge in [0.25, 0.3) is 0 Å². The fourth-order valence-corrected chi connectivity index (χ4v) is 3.10. The van der Waals surface area contributed by atoms with Crippen molar-refractivity contribution in [1.29, 1.82) is 0 Å². The molecule has 2 aliphatic carbocycles. The van der Waals surface area contributed by atoms with Gasteiger partial charge in [0.15, 0.2) is 0 Å². The first kappa shape index (κ1) is 11.0. The van der Waals surface area contributed by atoms with Crippen molar-refractivity contribution in [2.75, 3.05) is 0 Å². The van der Waals surface area contributed by atoms with E-state index in [2.05, 4.69) is 24.4 Å². The third kappa shape index (κ3) is 2.02. The predicted octanol–water partition coefficient (Wildman–Crippen LogP) is 3.44. The zero-order valence-electron chi connectivity index (χ0n) is 10.1. The van der Waals surface area contributed by atoms with Gasteiger partial charge in [0.1, 0.15) is 5.82 Å². The molecule has 1 fully saturated rings. The van der Waals surface area contributed by atoms with Gasteiger partial charge in [-0.3, -0.25) is 0 Å². The van der Waals surface area contributed by atoms with Crippen LogP contribution < -0.4 is 5.32 Å². The minimum atomic E-state index is -0.150. The molecule has 0 heterocycles. The molecule has 2 aliphatic rings. The Labute approximate surface area is 102 Å². The summed E-state index contributed by atoms with van der Waals surface area (Å²) in [7, 11) is 0. The summed E-state index contributed by atoms with van der Waals surface area (Å²) in [4.78, 5) is 0. The van der Waals surface area contributed by atoms with Crippen LogP contribution in [0.5, 0.6) is 0 Å². The molecule has 90 valence electrons. The van der Waals surface area contributed by atoms with Crippen LogP contribution in [0, 0.1) is 17.7 Å². The highest BCUT2D eigenvalue weighted by Crippen LogP contribution is 2.43. The van der Waals surface area contributed by atoms with Gasteiger partial charge in [0, 0.05) is 12.1 Å². The van der Waals surface area contributed by atoms with Crippen molar-refractivity contribution in [2.24, 2.45) is 11.8 Å². The topological polar surface area (TPSA) is 12.0 Å². The monoisotopic (exact) mass is 231 g/mol. The Hall–Kier alpha value is -1.15. The van der Waals surface area contributed by atoms with Gasteiger partial charge >= 0.3 is 0 Å². The van der Waals surface area contributed by atoms with E-state index >= 15 is 0 Å². The third-order valence-corrected chi connectivity index (χ3v) is 4.18. The van der Waals surface area contributed by atoms with Gasteiger partial charge in [-0.15, -0.1) is 0 Å². The minimum absolute atomic E-state index is 0.150. The first-order valence-corrected chi connectivity index (χ1v) is 6.42. The van der Waals surface area contributed by atoms with Gasteiger partial charge in [-0.05, 0) is 49.3 Å². The van der Waals surface area contributed by atoms with E-state index in [1.165, 1.54) is 18.9 Å². The lowest BCUT2D eigenvalue weighted by Gasteiger charge is -2.42. The molecule has 0 aromatic heterocycles. The van der Waals surface area contributed by atoms with Gasteiger partial charge in [-0.1, -0.05) is 24.3 Å². The summed E-state index contributed by atoms with van der Waals surface area (Å²) >= 11 is 0. The van der Waals surface area contributed by atoms with Crippen LogP contribution in [0.2, 0.25) is 0 Å². The molecule has 4 atom stereocenters. The molecule has 0 bridgehead atoms. The Morgan fingerprint density at radius 2 is 2.29 bits per heavy atom. The maximum atomic E-state index is 13.1. The summed E-state index contributed by atoms with van der Waals surface area (Å²) in [5.74, 6) is 1.43. The van der Waals surface area contributed by atoms with E-state index in [1.54, 1.807) is 12.1 Å². The van der Waals surface area contributed by atoms with Gasteiger partial charge in [-0.25, -0.2) is 4.39 Å². The average Bonchev–Trinajstić information content (AvgIpc) is 2.67. The molecule has 2 heteroatoms. The molecular weight excluding hydrogens is 213 g/mol. The third-order valence-electron chi connectivity index (χ3n) is 4.18. The Kier molecular flexibility index (Phi) is 2.75. The Balaban J connectivity index is 1.64. The molecule has 3 unspecified atom stereocenters. The number of hydrogen-bond donors (Lipinski definition) is 1. The van der Waals surface area contributed by atoms with Crippen LogP contribution in [-0.4, -0.2) is 6.04 Å². The highest BCUT2D eigenvalue weighted by Gasteiger charge is 2.41. The number of halogens is 1. The maximum absolute atomic E-state index is 13.1. The van der Waals surface area contributed by atoms with Crippen LogP contribution in [0.3, 0.4) is 0 Å². The highest BCUT2D eigenvalue weighted by molar-refractivity contribution is 5.21. The molecule has 0 aliphatic heterocycles. The van der Waals surface area contributed by atoms with E-state index in [9.17, 15) is 4.39 Å². The number of allylic oxidation sites excluding steroid dienone is 1. The predicted molar refractivity (Wildman–Crippen MR) is 67.1 cm³/mol. The molecule has 1 nitrogen and oxygen atoms in total. The van der Waals surface area contributed by atoms with Crippen molar-refractivity contribution in [2.45, 2.75) is 31.8 Å². The normalized spacial score (nSPS) is 32.0. The van der Waals surface area contributed by atoms with Crippen LogP contribution in [0.4, 0.5) is 4.39 Å². The Morgan fingerprint density at radius 1 is 1.41 bits per heavy atom. The van der Waals surface area contributed by atoms with Crippen molar-refractivity contribution in [3.8, 4) is 0 Å². The number of nitrogens with one attached hydrogen (secondary N) is 1. The minimum Gasteiger partial charge on any atom is -0.307 e. The Morgan fingerprint density at radius 3 is 3.06 bits per heavy atom. The zero-order valence-corrected chi connectivity index (χ0v) is 10.1. The molecule has 1 aromatic carbocycles. The van der Waals surface area contributed by atoms with E-state index in [0.717, 1.165) is 11.5 Å². The van der Waals surface area contributed by atoms with Crippen molar-refractivity contribution in [1.82, 2.24) is 5.32 Å². The molecule has 1 saturated carbocycles. The van der Waals surface area contributed by atoms with Gasteiger partial charge in [0.2, 0.25) is 0 Å². The van der Waals surface area contributed by atoms with Crippen LogP contribution in [0.25, 0.3) is 0 Å². The van der Waals surface area contributed by atoms with Crippen LogP contribution >= 0.6 is 0 Å². The fourth-order valence-electron chi connectivity index (χ4n) is 3.10. The Bertz CT molecular complexity index is 440. The lowest BCUT2D eigenvalue weighted by molar-refractivity contribution is 0.152. The molecule has 0 radical (unpaired) electrons. The van der Waals surface area contributed by atoms with E-state index < -0.39 is 0 Å². The second kappa shape index (κ2) is 4.26. The lowest BCUT2D eigenvalue weighted by atomic mass is 9.71. The second-order valence-corrected chi connectivity index (χ2v) is 5.29. The van der Waals surface area contributed by atoms with Crippen molar-refractivity contribution >= 4 is 0 Å². The molecular formula is C15H18FN. The average molecular weight is 231 g/mol. The van der Waals surface area contributed by atoms with E-state index in [1.807, 2.05) is 6.07 Å². The molecule has 0 saturated heterocycles. The quantitative estimate of drug-likeness (QED) is 0.786. The molecule has 3 rings (SSSR count).